The van der Waals surface area contributed by atoms with Gasteiger partial charge in [0.05, 0.1) is 4.83 Å². The minimum Gasteiger partial charge on any atom is -0.463 e. The lowest BCUT2D eigenvalue weighted by Crippen LogP contribution is -2.54. The maximum absolute atomic E-state index is 12.7. The van der Waals surface area contributed by atoms with Crippen LogP contribution in [0.2, 0.25) is 0 Å². The fraction of sp³-hybridized carbons (Fsp3) is 0.905. The summed E-state index contributed by atoms with van der Waals surface area (Å²) < 4.78 is 5.54. The molecule has 4 fully saturated rings. The lowest BCUT2D eigenvalue weighted by Gasteiger charge is -2.60. The van der Waals surface area contributed by atoms with Crippen LogP contribution in [0.1, 0.15) is 72.1 Å². The molecule has 0 bridgehead atoms. The second-order valence-electron chi connectivity index (χ2n) is 9.69. The fourth-order valence-electron chi connectivity index (χ4n) is 7.31. The number of ether oxygens (including phenoxy) is 1. The van der Waals surface area contributed by atoms with Gasteiger partial charge in [-0.05, 0) is 80.5 Å². The van der Waals surface area contributed by atoms with Crippen LogP contribution in [0.3, 0.4) is 0 Å². The number of carbonyl (C=O) groups excluding carboxylic acids is 2. The van der Waals surface area contributed by atoms with Crippen LogP contribution >= 0.6 is 15.9 Å². The molecule has 140 valence electrons. The third-order valence-electron chi connectivity index (χ3n) is 8.65. The molecule has 0 N–H and O–H groups in total. The van der Waals surface area contributed by atoms with Crippen molar-refractivity contribution in [3.05, 3.63) is 0 Å². The molecule has 0 unspecified atom stereocenters. The summed E-state index contributed by atoms with van der Waals surface area (Å²) in [5, 5.41) is 0. The second kappa shape index (κ2) is 6.07. The van der Waals surface area contributed by atoms with Crippen LogP contribution in [0, 0.1) is 34.5 Å². The largest absolute Gasteiger partial charge is 0.463 e. The Labute approximate surface area is 159 Å². The van der Waals surface area contributed by atoms with Gasteiger partial charge in [-0.15, -0.1) is 0 Å². The van der Waals surface area contributed by atoms with Crippen molar-refractivity contribution in [3.8, 4) is 0 Å². The standard InChI is InChI=1S/C21H31BrO3/c1-12(23)25-14-6-8-20(2)13(10-14)4-5-15-16(20)7-9-21(3)17(15)11-18(22)19(21)24/h13-18H,4-11H2,1-3H3/t13-,14+,15-,16+,17-,18+,20-,21-/m0/s1. The van der Waals surface area contributed by atoms with Gasteiger partial charge in [-0.1, -0.05) is 29.8 Å². The maximum atomic E-state index is 12.7. The van der Waals surface area contributed by atoms with E-state index >= 15 is 0 Å². The molecule has 0 heterocycles. The highest BCUT2D eigenvalue weighted by Gasteiger charge is 2.62. The summed E-state index contributed by atoms with van der Waals surface area (Å²) in [4.78, 5) is 24.2. The number of fused-ring (bicyclic) bond motifs is 5. The number of Topliss-reactive ketones (excluding diaryl/α,β-unsaturated/α-hetero) is 1. The highest BCUT2D eigenvalue weighted by Crippen LogP contribution is 2.66. The molecule has 0 aromatic carbocycles. The van der Waals surface area contributed by atoms with Crippen LogP contribution in [-0.2, 0) is 14.3 Å². The van der Waals surface area contributed by atoms with Gasteiger partial charge in [-0.2, -0.15) is 0 Å². The Bertz CT molecular complexity index is 590. The van der Waals surface area contributed by atoms with Crippen molar-refractivity contribution >= 4 is 27.7 Å². The first kappa shape index (κ1) is 18.0. The van der Waals surface area contributed by atoms with Gasteiger partial charge in [0.2, 0.25) is 0 Å². The monoisotopic (exact) mass is 410 g/mol. The molecule has 0 aliphatic heterocycles. The molecule has 25 heavy (non-hydrogen) atoms. The minimum absolute atomic E-state index is 0.0754. The summed E-state index contributed by atoms with van der Waals surface area (Å²) >= 11 is 3.66. The van der Waals surface area contributed by atoms with Gasteiger partial charge in [-0.25, -0.2) is 0 Å². The van der Waals surface area contributed by atoms with Gasteiger partial charge in [0.15, 0.2) is 5.78 Å². The molecular weight excluding hydrogens is 380 g/mol. The van der Waals surface area contributed by atoms with E-state index in [0.717, 1.165) is 31.6 Å². The first-order valence-electron chi connectivity index (χ1n) is 10.1. The molecule has 0 radical (unpaired) electrons. The maximum Gasteiger partial charge on any atom is 0.302 e. The van der Waals surface area contributed by atoms with Crippen LogP contribution in [0.25, 0.3) is 0 Å². The summed E-state index contributed by atoms with van der Waals surface area (Å²) in [6, 6.07) is 0. The summed E-state index contributed by atoms with van der Waals surface area (Å²) in [7, 11) is 0. The van der Waals surface area contributed by atoms with E-state index in [4.69, 9.17) is 4.74 Å². The van der Waals surface area contributed by atoms with E-state index in [1.807, 2.05) is 0 Å². The molecular formula is C21H31BrO3. The number of ketones is 1. The van der Waals surface area contributed by atoms with E-state index in [0.29, 0.717) is 29.0 Å². The number of hydrogen-bond acceptors (Lipinski definition) is 3. The quantitative estimate of drug-likeness (QED) is 0.455. The molecule has 0 amide bonds. The van der Waals surface area contributed by atoms with Crippen LogP contribution in [0.4, 0.5) is 0 Å². The summed E-state index contributed by atoms with van der Waals surface area (Å²) in [5.41, 5.74) is 0.280. The van der Waals surface area contributed by atoms with Gasteiger partial charge in [0.1, 0.15) is 6.10 Å². The van der Waals surface area contributed by atoms with E-state index in [1.165, 1.54) is 32.6 Å². The van der Waals surface area contributed by atoms with Gasteiger partial charge in [0.25, 0.3) is 0 Å². The third-order valence-corrected chi connectivity index (χ3v) is 9.44. The van der Waals surface area contributed by atoms with Crippen molar-refractivity contribution < 1.29 is 14.3 Å². The normalized spacial score (nSPS) is 52.1. The average Bonchev–Trinajstić information content (AvgIpc) is 2.78. The SMILES string of the molecule is CC(=O)O[C@@H]1CC[C@@]2(C)[C@@H](CC[C@H]3[C@H]2CC[C@]2(C)C(=O)[C@H](Br)C[C@@H]32)C1. The van der Waals surface area contributed by atoms with Crippen molar-refractivity contribution in [1.29, 1.82) is 0 Å². The first-order valence-corrected chi connectivity index (χ1v) is 11.0. The fourth-order valence-corrected chi connectivity index (χ4v) is 8.23. The van der Waals surface area contributed by atoms with E-state index < -0.39 is 0 Å². The summed E-state index contributed by atoms with van der Waals surface area (Å²) in [6.07, 6.45) is 9.15. The first-order chi connectivity index (χ1) is 11.8. The Morgan fingerprint density at radius 3 is 2.56 bits per heavy atom. The third kappa shape index (κ3) is 2.64. The Hall–Kier alpha value is -0.380. The van der Waals surface area contributed by atoms with Gasteiger partial charge < -0.3 is 4.74 Å². The lowest BCUT2D eigenvalue weighted by molar-refractivity contribution is -0.160. The van der Waals surface area contributed by atoms with Crippen LogP contribution in [0.5, 0.6) is 0 Å². The Morgan fingerprint density at radius 2 is 1.84 bits per heavy atom. The molecule has 4 saturated carbocycles. The van der Waals surface area contributed by atoms with E-state index in [-0.39, 0.29) is 22.3 Å². The van der Waals surface area contributed by atoms with Crippen LogP contribution in [-0.4, -0.2) is 22.7 Å². The lowest BCUT2D eigenvalue weighted by atomic mass is 9.45. The summed E-state index contributed by atoms with van der Waals surface area (Å²) in [5.74, 6) is 3.01. The molecule has 8 atom stereocenters. The molecule has 4 heteroatoms. The highest BCUT2D eigenvalue weighted by atomic mass is 79.9. The van der Waals surface area contributed by atoms with Gasteiger partial charge in [-0.3, -0.25) is 9.59 Å². The Morgan fingerprint density at radius 1 is 1.08 bits per heavy atom. The molecule has 0 saturated heterocycles. The molecule has 4 rings (SSSR count). The van der Waals surface area contributed by atoms with E-state index in [2.05, 4.69) is 29.8 Å². The van der Waals surface area contributed by atoms with Crippen molar-refractivity contribution in [2.75, 3.05) is 0 Å². The van der Waals surface area contributed by atoms with Gasteiger partial charge in [0, 0.05) is 12.3 Å². The molecule has 0 spiro atoms. The predicted octanol–water partition coefficient (Wildman–Crippen LogP) is 4.90. The minimum atomic E-state index is -0.136. The Kier molecular flexibility index (Phi) is 4.37. The molecule has 0 aromatic heterocycles. The van der Waals surface area contributed by atoms with E-state index in [9.17, 15) is 9.59 Å². The van der Waals surface area contributed by atoms with Crippen LogP contribution in [0.15, 0.2) is 0 Å². The number of halogens is 1. The average molecular weight is 411 g/mol. The molecule has 3 nitrogen and oxygen atoms in total. The smallest absolute Gasteiger partial charge is 0.302 e. The number of carbonyl (C=O) groups is 2. The predicted molar refractivity (Wildman–Crippen MR) is 100 cm³/mol. The van der Waals surface area contributed by atoms with Crippen molar-refractivity contribution in [2.24, 2.45) is 34.5 Å². The van der Waals surface area contributed by atoms with Crippen molar-refractivity contribution in [1.82, 2.24) is 0 Å². The highest BCUT2D eigenvalue weighted by molar-refractivity contribution is 9.10. The number of hydrogen-bond donors (Lipinski definition) is 0. The zero-order valence-corrected chi connectivity index (χ0v) is 17.3. The zero-order chi connectivity index (χ0) is 18.0. The summed E-state index contributed by atoms with van der Waals surface area (Å²) in [6.45, 7) is 6.27. The van der Waals surface area contributed by atoms with Gasteiger partial charge >= 0.3 is 5.97 Å². The number of rotatable bonds is 1. The number of esters is 1. The Balaban J connectivity index is 1.55. The molecule has 4 aliphatic carbocycles. The van der Waals surface area contributed by atoms with Crippen molar-refractivity contribution in [2.45, 2.75) is 83.1 Å². The van der Waals surface area contributed by atoms with E-state index in [1.54, 1.807) is 0 Å². The topological polar surface area (TPSA) is 43.4 Å². The zero-order valence-electron chi connectivity index (χ0n) is 15.7. The molecule has 0 aromatic rings. The second-order valence-corrected chi connectivity index (χ2v) is 10.8. The van der Waals surface area contributed by atoms with Crippen LogP contribution < -0.4 is 0 Å². The van der Waals surface area contributed by atoms with Crippen molar-refractivity contribution in [3.63, 3.8) is 0 Å². The molecule has 4 aliphatic rings. The number of alkyl halides is 1.